The molecule has 0 aliphatic carbocycles. The first-order chi connectivity index (χ1) is 9.76. The van der Waals surface area contributed by atoms with Gasteiger partial charge in [0.15, 0.2) is 5.60 Å². The van der Waals surface area contributed by atoms with Crippen LogP contribution in [0.1, 0.15) is 13.8 Å². The first-order valence-corrected chi connectivity index (χ1v) is 7.01. The van der Waals surface area contributed by atoms with E-state index >= 15 is 0 Å². The smallest absolute Gasteiger partial charge is 0.266 e. The van der Waals surface area contributed by atoms with Crippen LogP contribution in [0.4, 0.5) is 0 Å². The maximum absolute atomic E-state index is 12.4. The SMILES string of the molecule is COCC(O)CN(C)C(=O)C(C)(C)Oc1ccc(Cl)cc1. The number of ether oxygens (including phenoxy) is 2. The number of methoxy groups -OCH3 is 1. The lowest BCUT2D eigenvalue weighted by Gasteiger charge is -2.31. The number of nitrogens with zero attached hydrogens (tertiary/aromatic N) is 1. The Morgan fingerprint density at radius 1 is 1.38 bits per heavy atom. The number of amides is 1. The monoisotopic (exact) mass is 315 g/mol. The zero-order chi connectivity index (χ0) is 16.0. The van der Waals surface area contributed by atoms with Gasteiger partial charge in [0.25, 0.3) is 5.91 Å². The van der Waals surface area contributed by atoms with E-state index in [0.29, 0.717) is 10.8 Å². The Balaban J connectivity index is 2.67. The second-order valence-corrected chi connectivity index (χ2v) is 5.80. The van der Waals surface area contributed by atoms with E-state index in [2.05, 4.69) is 0 Å². The van der Waals surface area contributed by atoms with E-state index in [1.165, 1.54) is 12.0 Å². The average Bonchev–Trinajstić information content (AvgIpc) is 2.40. The molecule has 1 amide bonds. The molecule has 0 saturated carbocycles. The summed E-state index contributed by atoms with van der Waals surface area (Å²) in [5.41, 5.74) is -1.05. The van der Waals surface area contributed by atoms with Crippen molar-refractivity contribution in [2.24, 2.45) is 0 Å². The van der Waals surface area contributed by atoms with Gasteiger partial charge in [-0.15, -0.1) is 0 Å². The maximum atomic E-state index is 12.4. The van der Waals surface area contributed by atoms with Crippen LogP contribution in [0.5, 0.6) is 5.75 Å². The molecule has 0 heterocycles. The van der Waals surface area contributed by atoms with Crippen LogP contribution in [0.15, 0.2) is 24.3 Å². The second-order valence-electron chi connectivity index (χ2n) is 5.36. The summed E-state index contributed by atoms with van der Waals surface area (Å²) in [6.07, 6.45) is -0.727. The molecule has 0 spiro atoms. The number of rotatable bonds is 7. The Labute approximate surface area is 130 Å². The first kappa shape index (κ1) is 17.8. The first-order valence-electron chi connectivity index (χ1n) is 6.63. The lowest BCUT2D eigenvalue weighted by atomic mass is 10.1. The topological polar surface area (TPSA) is 59.0 Å². The molecule has 21 heavy (non-hydrogen) atoms. The standard InChI is InChI=1S/C15H22ClNO4/c1-15(2,21-13-7-5-11(16)6-8-13)14(19)17(3)9-12(18)10-20-4/h5-8,12,18H,9-10H2,1-4H3. The number of hydrogen-bond donors (Lipinski definition) is 1. The summed E-state index contributed by atoms with van der Waals surface area (Å²) in [7, 11) is 3.12. The van der Waals surface area contributed by atoms with Crippen molar-refractivity contribution in [2.75, 3.05) is 27.3 Å². The van der Waals surface area contributed by atoms with Gasteiger partial charge in [-0.1, -0.05) is 11.6 Å². The summed E-state index contributed by atoms with van der Waals surface area (Å²) in [5, 5.41) is 10.3. The Bertz CT molecular complexity index is 461. The van der Waals surface area contributed by atoms with Gasteiger partial charge in [0.1, 0.15) is 5.75 Å². The van der Waals surface area contributed by atoms with Gasteiger partial charge in [0, 0.05) is 25.7 Å². The Morgan fingerprint density at radius 2 is 1.95 bits per heavy atom. The summed E-state index contributed by atoms with van der Waals surface area (Å²) >= 11 is 5.81. The Hall–Kier alpha value is -1.30. The number of carbonyl (C=O) groups is 1. The van der Waals surface area contributed by atoms with Crippen LogP contribution in [0.25, 0.3) is 0 Å². The summed E-state index contributed by atoms with van der Waals surface area (Å²) in [6.45, 7) is 3.72. The van der Waals surface area contributed by atoms with Crippen molar-refractivity contribution in [3.63, 3.8) is 0 Å². The number of aliphatic hydroxyl groups excluding tert-OH is 1. The van der Waals surface area contributed by atoms with Crippen molar-refractivity contribution in [3.05, 3.63) is 29.3 Å². The molecule has 1 atom stereocenters. The molecular weight excluding hydrogens is 294 g/mol. The minimum Gasteiger partial charge on any atom is -0.478 e. The van der Waals surface area contributed by atoms with Crippen LogP contribution in [-0.4, -0.2) is 54.9 Å². The van der Waals surface area contributed by atoms with E-state index in [1.807, 2.05) is 0 Å². The van der Waals surface area contributed by atoms with Gasteiger partial charge in [-0.2, -0.15) is 0 Å². The predicted octanol–water partition coefficient (Wildman–Crippen LogP) is 1.96. The molecule has 1 unspecified atom stereocenters. The van der Waals surface area contributed by atoms with Crippen molar-refractivity contribution in [3.8, 4) is 5.75 Å². The van der Waals surface area contributed by atoms with E-state index in [9.17, 15) is 9.90 Å². The number of hydrogen-bond acceptors (Lipinski definition) is 4. The largest absolute Gasteiger partial charge is 0.478 e. The zero-order valence-corrected chi connectivity index (χ0v) is 13.6. The van der Waals surface area contributed by atoms with Crippen molar-refractivity contribution < 1.29 is 19.4 Å². The number of halogens is 1. The van der Waals surface area contributed by atoms with Crippen LogP contribution in [0.3, 0.4) is 0 Å². The third-order valence-corrected chi connectivity index (χ3v) is 3.14. The second kappa shape index (κ2) is 7.64. The van der Waals surface area contributed by atoms with Crippen LogP contribution in [0, 0.1) is 0 Å². The number of benzene rings is 1. The molecule has 1 N–H and O–H groups in total. The number of likely N-dealkylation sites (N-methyl/N-ethyl adjacent to an activating group) is 1. The molecule has 1 aromatic carbocycles. The van der Waals surface area contributed by atoms with E-state index in [-0.39, 0.29) is 19.1 Å². The fourth-order valence-corrected chi connectivity index (χ4v) is 2.07. The highest BCUT2D eigenvalue weighted by molar-refractivity contribution is 6.30. The van der Waals surface area contributed by atoms with E-state index in [4.69, 9.17) is 21.1 Å². The fourth-order valence-electron chi connectivity index (χ4n) is 1.94. The molecular formula is C15H22ClNO4. The minimum absolute atomic E-state index is 0.177. The third-order valence-electron chi connectivity index (χ3n) is 2.89. The Morgan fingerprint density at radius 3 is 2.48 bits per heavy atom. The van der Waals surface area contributed by atoms with Crippen LogP contribution in [0.2, 0.25) is 5.02 Å². The van der Waals surface area contributed by atoms with Crippen molar-refractivity contribution in [1.82, 2.24) is 4.90 Å². The number of aliphatic hydroxyl groups is 1. The molecule has 5 nitrogen and oxygen atoms in total. The quantitative estimate of drug-likeness (QED) is 0.835. The molecule has 118 valence electrons. The van der Waals surface area contributed by atoms with Gasteiger partial charge in [-0.05, 0) is 38.1 Å². The number of carbonyl (C=O) groups excluding carboxylic acids is 1. The van der Waals surface area contributed by atoms with Gasteiger partial charge >= 0.3 is 0 Å². The fraction of sp³-hybridized carbons (Fsp3) is 0.533. The molecule has 0 aliphatic heterocycles. The highest BCUT2D eigenvalue weighted by atomic mass is 35.5. The molecule has 0 bridgehead atoms. The molecule has 0 radical (unpaired) electrons. The van der Waals surface area contributed by atoms with Gasteiger partial charge in [-0.25, -0.2) is 0 Å². The molecule has 1 rings (SSSR count). The van der Waals surface area contributed by atoms with Crippen molar-refractivity contribution in [1.29, 1.82) is 0 Å². The highest BCUT2D eigenvalue weighted by Gasteiger charge is 2.33. The van der Waals surface area contributed by atoms with Gasteiger partial charge in [0.2, 0.25) is 0 Å². The average molecular weight is 316 g/mol. The van der Waals surface area contributed by atoms with E-state index in [0.717, 1.165) is 0 Å². The van der Waals surface area contributed by atoms with Gasteiger partial charge in [-0.3, -0.25) is 4.79 Å². The summed E-state index contributed by atoms with van der Waals surface area (Å²) in [4.78, 5) is 13.8. The molecule has 0 saturated heterocycles. The highest BCUT2D eigenvalue weighted by Crippen LogP contribution is 2.22. The normalized spacial score (nSPS) is 12.9. The van der Waals surface area contributed by atoms with Gasteiger partial charge < -0.3 is 19.5 Å². The molecule has 0 aromatic heterocycles. The van der Waals surface area contributed by atoms with Gasteiger partial charge in [0.05, 0.1) is 12.7 Å². The lowest BCUT2D eigenvalue weighted by molar-refractivity contribution is -0.145. The Kier molecular flexibility index (Phi) is 6.45. The van der Waals surface area contributed by atoms with Crippen LogP contribution >= 0.6 is 11.6 Å². The molecule has 6 heteroatoms. The summed E-state index contributed by atoms with van der Waals surface area (Å²) in [6, 6.07) is 6.81. The summed E-state index contributed by atoms with van der Waals surface area (Å²) in [5.74, 6) is 0.330. The third kappa shape index (κ3) is 5.53. The maximum Gasteiger partial charge on any atom is 0.266 e. The lowest BCUT2D eigenvalue weighted by Crippen LogP contribution is -2.49. The van der Waals surface area contributed by atoms with Crippen molar-refractivity contribution >= 4 is 17.5 Å². The molecule has 0 fully saturated rings. The van der Waals surface area contributed by atoms with Crippen molar-refractivity contribution in [2.45, 2.75) is 25.6 Å². The van der Waals surface area contributed by atoms with E-state index in [1.54, 1.807) is 45.2 Å². The minimum atomic E-state index is -1.05. The molecule has 0 aliphatic rings. The van der Waals surface area contributed by atoms with Crippen LogP contribution in [-0.2, 0) is 9.53 Å². The van der Waals surface area contributed by atoms with Crippen LogP contribution < -0.4 is 4.74 Å². The summed E-state index contributed by atoms with van der Waals surface area (Å²) < 4.78 is 10.6. The molecule has 1 aromatic rings. The zero-order valence-electron chi connectivity index (χ0n) is 12.8. The predicted molar refractivity (Wildman–Crippen MR) is 81.7 cm³/mol. The van der Waals surface area contributed by atoms with E-state index < -0.39 is 11.7 Å².